The molecule has 0 aromatic heterocycles. The summed E-state index contributed by atoms with van der Waals surface area (Å²) in [5.74, 6) is -0.0595. The Balaban J connectivity index is 4.22. The van der Waals surface area contributed by atoms with Gasteiger partial charge in [0.1, 0.15) is 0 Å². The van der Waals surface area contributed by atoms with Gasteiger partial charge in [0.2, 0.25) is 0 Å². The van der Waals surface area contributed by atoms with E-state index in [1.807, 2.05) is 0 Å². The van der Waals surface area contributed by atoms with E-state index in [0.717, 1.165) is 0 Å². The summed E-state index contributed by atoms with van der Waals surface area (Å²) in [6.45, 7) is 3.35. The third-order valence-corrected chi connectivity index (χ3v) is 6.45. The van der Waals surface area contributed by atoms with Crippen LogP contribution in [0, 0.1) is 0 Å². The zero-order valence-electron chi connectivity index (χ0n) is 11.1. The van der Waals surface area contributed by atoms with Crippen LogP contribution in [0.25, 0.3) is 0 Å². The molecule has 0 aromatic carbocycles. The molecular formula is C9H22O6SSi. The van der Waals surface area contributed by atoms with E-state index in [9.17, 15) is 8.42 Å². The third-order valence-electron chi connectivity index (χ3n) is 2.15. The van der Waals surface area contributed by atoms with Crippen LogP contribution in [-0.2, 0) is 27.6 Å². The minimum absolute atomic E-state index is 0.0595. The molecule has 0 fully saturated rings. The van der Waals surface area contributed by atoms with Crippen molar-refractivity contribution in [2.45, 2.75) is 32.4 Å². The molecule has 0 aliphatic carbocycles. The summed E-state index contributed by atoms with van der Waals surface area (Å²) in [5, 5.41) is 0. The van der Waals surface area contributed by atoms with Crippen molar-refractivity contribution in [3.63, 3.8) is 0 Å². The maximum absolute atomic E-state index is 11.5. The van der Waals surface area contributed by atoms with Gasteiger partial charge in [0.15, 0.2) is 0 Å². The van der Waals surface area contributed by atoms with Crippen molar-refractivity contribution in [2.75, 3.05) is 27.1 Å². The lowest BCUT2D eigenvalue weighted by Crippen LogP contribution is -2.43. The molecule has 0 aliphatic rings. The largest absolute Gasteiger partial charge is 0.500 e. The van der Waals surface area contributed by atoms with Crippen molar-refractivity contribution >= 4 is 18.9 Å². The van der Waals surface area contributed by atoms with Crippen LogP contribution in [0.15, 0.2) is 0 Å². The lowest BCUT2D eigenvalue weighted by molar-refractivity contribution is 0.123. The van der Waals surface area contributed by atoms with Crippen molar-refractivity contribution in [3.8, 4) is 0 Å². The molecule has 0 saturated carbocycles. The summed E-state index contributed by atoms with van der Waals surface area (Å²) in [6.07, 6.45) is 0.0471. The van der Waals surface area contributed by atoms with E-state index in [2.05, 4.69) is 0 Å². The second-order valence-corrected chi connectivity index (χ2v) is 8.61. The van der Waals surface area contributed by atoms with Crippen molar-refractivity contribution in [1.29, 1.82) is 0 Å². The lowest BCUT2D eigenvalue weighted by atomic mass is 10.5. The van der Waals surface area contributed by atoms with Gasteiger partial charge < -0.3 is 13.3 Å². The van der Waals surface area contributed by atoms with E-state index in [1.54, 1.807) is 13.8 Å². The van der Waals surface area contributed by atoms with E-state index >= 15 is 0 Å². The minimum atomic E-state index is -3.47. The molecule has 0 radical (unpaired) electrons. The Labute approximate surface area is 105 Å². The Bertz CT molecular complexity index is 290. The average molecular weight is 286 g/mol. The van der Waals surface area contributed by atoms with Gasteiger partial charge >= 0.3 is 8.80 Å². The second-order valence-electron chi connectivity index (χ2n) is 3.81. The van der Waals surface area contributed by atoms with Crippen molar-refractivity contribution < 1.29 is 25.9 Å². The highest BCUT2D eigenvalue weighted by Crippen LogP contribution is 2.16. The predicted octanol–water partition coefficient (Wildman–Crippen LogP) is 1.01. The third kappa shape index (κ3) is 6.48. The molecular weight excluding hydrogens is 264 g/mol. The molecule has 104 valence electrons. The topological polar surface area (TPSA) is 71.1 Å². The Hall–Kier alpha value is 0.00688. The minimum Gasteiger partial charge on any atom is -0.377 e. The molecule has 0 spiro atoms. The first kappa shape index (κ1) is 17.0. The SMILES string of the molecule is CO[Si](CCCS(=O)(=O)OC(C)C)(OC)OC. The molecule has 0 unspecified atom stereocenters. The first-order valence-electron chi connectivity index (χ1n) is 5.37. The Morgan fingerprint density at radius 3 is 1.88 bits per heavy atom. The molecule has 0 atom stereocenters. The quantitative estimate of drug-likeness (QED) is 0.465. The van der Waals surface area contributed by atoms with Crippen molar-refractivity contribution in [2.24, 2.45) is 0 Å². The number of hydrogen-bond acceptors (Lipinski definition) is 6. The molecule has 0 N–H and O–H groups in total. The smallest absolute Gasteiger partial charge is 0.377 e. The fraction of sp³-hybridized carbons (Fsp3) is 1.00. The highest BCUT2D eigenvalue weighted by atomic mass is 32.2. The highest BCUT2D eigenvalue weighted by molar-refractivity contribution is 7.86. The Kier molecular flexibility index (Phi) is 7.45. The van der Waals surface area contributed by atoms with E-state index < -0.39 is 18.9 Å². The van der Waals surface area contributed by atoms with Gasteiger partial charge in [-0.3, -0.25) is 4.18 Å². The second kappa shape index (κ2) is 7.44. The van der Waals surface area contributed by atoms with Crippen LogP contribution in [0.1, 0.15) is 20.3 Å². The first-order valence-corrected chi connectivity index (χ1v) is 8.88. The van der Waals surface area contributed by atoms with E-state index in [1.165, 1.54) is 21.3 Å². The molecule has 0 heterocycles. The van der Waals surface area contributed by atoms with Crippen LogP contribution in [0.5, 0.6) is 0 Å². The van der Waals surface area contributed by atoms with Gasteiger partial charge in [-0.1, -0.05) is 0 Å². The normalized spacial score (nSPS) is 13.3. The molecule has 17 heavy (non-hydrogen) atoms. The molecule has 0 aliphatic heterocycles. The average Bonchev–Trinajstić information content (AvgIpc) is 2.23. The van der Waals surface area contributed by atoms with E-state index in [0.29, 0.717) is 12.5 Å². The van der Waals surface area contributed by atoms with Gasteiger partial charge in [0.05, 0.1) is 11.9 Å². The summed E-state index contributed by atoms with van der Waals surface area (Å²) in [4.78, 5) is 0. The van der Waals surface area contributed by atoms with Crippen LogP contribution in [0.3, 0.4) is 0 Å². The predicted molar refractivity (Wildman–Crippen MR) is 66.2 cm³/mol. The van der Waals surface area contributed by atoms with Crippen molar-refractivity contribution in [3.05, 3.63) is 0 Å². The zero-order chi connectivity index (χ0) is 13.5. The molecule has 0 aromatic rings. The fourth-order valence-electron chi connectivity index (χ4n) is 1.36. The fourth-order valence-corrected chi connectivity index (χ4v) is 4.52. The van der Waals surface area contributed by atoms with Gasteiger partial charge in [0.25, 0.3) is 10.1 Å². The Morgan fingerprint density at radius 2 is 1.53 bits per heavy atom. The monoisotopic (exact) mass is 286 g/mol. The summed E-state index contributed by atoms with van der Waals surface area (Å²) >= 11 is 0. The van der Waals surface area contributed by atoms with Crippen molar-refractivity contribution in [1.82, 2.24) is 0 Å². The van der Waals surface area contributed by atoms with Gasteiger partial charge in [-0.25, -0.2) is 0 Å². The summed E-state index contributed by atoms with van der Waals surface area (Å²) in [6, 6.07) is 0.442. The van der Waals surface area contributed by atoms with Gasteiger partial charge in [-0.15, -0.1) is 0 Å². The van der Waals surface area contributed by atoms with Gasteiger partial charge in [-0.2, -0.15) is 8.42 Å². The molecule has 8 heteroatoms. The van der Waals surface area contributed by atoms with Crippen LogP contribution < -0.4 is 0 Å². The summed E-state index contributed by atoms with van der Waals surface area (Å²) < 4.78 is 43.3. The van der Waals surface area contributed by atoms with E-state index in [4.69, 9.17) is 17.5 Å². The van der Waals surface area contributed by atoms with E-state index in [-0.39, 0.29) is 11.9 Å². The molecule has 6 nitrogen and oxygen atoms in total. The first-order chi connectivity index (χ1) is 7.81. The maximum atomic E-state index is 11.5. The zero-order valence-corrected chi connectivity index (χ0v) is 12.9. The Morgan fingerprint density at radius 1 is 1.06 bits per heavy atom. The molecule has 0 rings (SSSR count). The standard InChI is InChI=1S/C9H22O6SSi/c1-9(2)15-16(10,11)7-6-8-17(12-3,13-4)14-5/h9H,6-8H2,1-5H3. The maximum Gasteiger partial charge on any atom is 0.500 e. The number of rotatable bonds is 9. The van der Waals surface area contributed by atoms with Crippen LogP contribution in [0.4, 0.5) is 0 Å². The highest BCUT2D eigenvalue weighted by Gasteiger charge is 2.37. The molecule has 0 amide bonds. The summed E-state index contributed by atoms with van der Waals surface area (Å²) in [7, 11) is -1.65. The molecule has 0 bridgehead atoms. The van der Waals surface area contributed by atoms with Gasteiger partial charge in [0, 0.05) is 27.4 Å². The number of hydrogen-bond donors (Lipinski definition) is 0. The van der Waals surface area contributed by atoms with Crippen LogP contribution in [-0.4, -0.2) is 50.4 Å². The lowest BCUT2D eigenvalue weighted by Gasteiger charge is -2.24. The summed E-state index contributed by atoms with van der Waals surface area (Å²) in [5.41, 5.74) is 0. The van der Waals surface area contributed by atoms with Crippen LogP contribution >= 0.6 is 0 Å². The van der Waals surface area contributed by atoms with Gasteiger partial charge in [-0.05, 0) is 20.3 Å². The van der Waals surface area contributed by atoms with Crippen LogP contribution in [0.2, 0.25) is 6.04 Å². The molecule has 0 saturated heterocycles.